The number of likely N-dealkylation sites (N-methyl/N-ethyl adjacent to an activating group) is 2. The van der Waals surface area contributed by atoms with Crippen LogP contribution in [-0.2, 0) is 0 Å². The molecule has 0 fully saturated rings. The molecule has 0 atom stereocenters. The van der Waals surface area contributed by atoms with Crippen molar-refractivity contribution >= 4 is 18.3 Å². The number of benzene rings is 1. The van der Waals surface area contributed by atoms with E-state index in [4.69, 9.17) is 4.42 Å². The number of halogens is 1. The second-order valence-electron chi connectivity index (χ2n) is 4.23. The molecule has 1 N–H and O–H groups in total. The molecule has 0 aliphatic heterocycles. The van der Waals surface area contributed by atoms with Gasteiger partial charge in [0.2, 0.25) is 5.89 Å². The van der Waals surface area contributed by atoms with Gasteiger partial charge in [-0.3, -0.25) is 4.79 Å². The smallest absolute Gasteiger partial charge is 0.275 e. The molecule has 0 aliphatic carbocycles. The van der Waals surface area contributed by atoms with Crippen LogP contribution in [0.1, 0.15) is 10.5 Å². The van der Waals surface area contributed by atoms with Gasteiger partial charge in [0.25, 0.3) is 5.91 Å². The maximum atomic E-state index is 12.1. The van der Waals surface area contributed by atoms with E-state index in [1.165, 1.54) is 6.26 Å². The van der Waals surface area contributed by atoms with Gasteiger partial charge in [-0.1, -0.05) is 18.2 Å². The summed E-state index contributed by atoms with van der Waals surface area (Å²) in [5.41, 5.74) is 1.19. The van der Waals surface area contributed by atoms with Crippen LogP contribution in [0, 0.1) is 0 Å². The summed E-state index contributed by atoms with van der Waals surface area (Å²) in [4.78, 5) is 17.9. The van der Waals surface area contributed by atoms with Gasteiger partial charge in [0, 0.05) is 25.7 Å². The number of nitrogens with zero attached hydrogens (tertiary/aromatic N) is 2. The van der Waals surface area contributed by atoms with E-state index in [1.807, 2.05) is 37.4 Å². The monoisotopic (exact) mass is 295 g/mol. The van der Waals surface area contributed by atoms with Gasteiger partial charge in [0.1, 0.15) is 6.26 Å². The van der Waals surface area contributed by atoms with Gasteiger partial charge in [-0.2, -0.15) is 0 Å². The third kappa shape index (κ3) is 3.82. The molecule has 0 aliphatic rings. The number of oxazole rings is 1. The van der Waals surface area contributed by atoms with Gasteiger partial charge >= 0.3 is 0 Å². The van der Waals surface area contributed by atoms with Crippen LogP contribution in [0.5, 0.6) is 0 Å². The molecule has 1 aromatic carbocycles. The van der Waals surface area contributed by atoms with Crippen LogP contribution in [-0.4, -0.2) is 43.0 Å². The summed E-state index contributed by atoms with van der Waals surface area (Å²) in [6.45, 7) is 1.37. The van der Waals surface area contributed by atoms with Crippen molar-refractivity contribution in [1.29, 1.82) is 0 Å². The van der Waals surface area contributed by atoms with Crippen LogP contribution >= 0.6 is 12.4 Å². The molecule has 1 heterocycles. The molecule has 1 amide bonds. The number of carbonyl (C=O) groups excluding carboxylic acids is 1. The van der Waals surface area contributed by atoms with Crippen LogP contribution < -0.4 is 5.32 Å². The Labute approximate surface area is 124 Å². The standard InChI is InChI=1S/C14H17N3O2.ClH/c1-15-8-9-17(2)14(18)12-10-19-13(16-12)11-6-4-3-5-7-11;/h3-7,10,15H,8-9H2,1-2H3;1H. The van der Waals surface area contributed by atoms with E-state index in [1.54, 1.807) is 11.9 Å². The fourth-order valence-electron chi connectivity index (χ4n) is 1.66. The second-order valence-corrected chi connectivity index (χ2v) is 4.23. The highest BCUT2D eigenvalue weighted by Gasteiger charge is 2.16. The average molecular weight is 296 g/mol. The fraction of sp³-hybridized carbons (Fsp3) is 0.286. The van der Waals surface area contributed by atoms with E-state index >= 15 is 0 Å². The molecule has 0 saturated heterocycles. The summed E-state index contributed by atoms with van der Waals surface area (Å²) in [6, 6.07) is 9.51. The van der Waals surface area contributed by atoms with Crippen LogP contribution in [0.3, 0.4) is 0 Å². The molecule has 5 nitrogen and oxygen atoms in total. The zero-order valence-electron chi connectivity index (χ0n) is 11.5. The summed E-state index contributed by atoms with van der Waals surface area (Å²) >= 11 is 0. The number of hydrogen-bond donors (Lipinski definition) is 1. The second kappa shape index (κ2) is 7.67. The Morgan fingerprint density at radius 1 is 1.35 bits per heavy atom. The third-order valence-corrected chi connectivity index (χ3v) is 2.79. The number of carbonyl (C=O) groups is 1. The molecule has 20 heavy (non-hydrogen) atoms. The van der Waals surface area contributed by atoms with Crippen molar-refractivity contribution in [3.05, 3.63) is 42.3 Å². The van der Waals surface area contributed by atoms with Crippen LogP contribution in [0.15, 0.2) is 41.0 Å². The van der Waals surface area contributed by atoms with Crippen molar-refractivity contribution in [2.45, 2.75) is 0 Å². The minimum Gasteiger partial charge on any atom is -0.444 e. The van der Waals surface area contributed by atoms with Gasteiger partial charge < -0.3 is 14.6 Å². The molecule has 1 aromatic heterocycles. The summed E-state index contributed by atoms with van der Waals surface area (Å²) < 4.78 is 5.35. The van der Waals surface area contributed by atoms with Crippen molar-refractivity contribution in [3.63, 3.8) is 0 Å². The number of amides is 1. The molecule has 0 bridgehead atoms. The zero-order chi connectivity index (χ0) is 13.7. The molecule has 0 radical (unpaired) electrons. The van der Waals surface area contributed by atoms with Crippen molar-refractivity contribution in [1.82, 2.24) is 15.2 Å². The van der Waals surface area contributed by atoms with Gasteiger partial charge in [-0.15, -0.1) is 12.4 Å². The van der Waals surface area contributed by atoms with Gasteiger partial charge in [-0.25, -0.2) is 4.98 Å². The molecule has 2 rings (SSSR count). The van der Waals surface area contributed by atoms with Crippen molar-refractivity contribution in [2.75, 3.05) is 27.2 Å². The van der Waals surface area contributed by atoms with Crippen molar-refractivity contribution in [2.24, 2.45) is 0 Å². The molecule has 0 spiro atoms. The first-order valence-corrected chi connectivity index (χ1v) is 6.13. The Morgan fingerprint density at radius 2 is 2.05 bits per heavy atom. The summed E-state index contributed by atoms with van der Waals surface area (Å²) in [6.07, 6.45) is 1.40. The Balaban J connectivity index is 0.00000200. The predicted octanol–water partition coefficient (Wildman–Crippen LogP) is 2.05. The zero-order valence-corrected chi connectivity index (χ0v) is 12.3. The largest absolute Gasteiger partial charge is 0.444 e. The normalized spacial score (nSPS) is 9.90. The summed E-state index contributed by atoms with van der Waals surface area (Å²) in [7, 11) is 3.60. The molecule has 6 heteroatoms. The number of nitrogens with one attached hydrogen (secondary N) is 1. The first kappa shape index (κ1) is 16.2. The van der Waals surface area contributed by atoms with Gasteiger partial charge in [0.05, 0.1) is 0 Å². The third-order valence-electron chi connectivity index (χ3n) is 2.79. The number of hydrogen-bond acceptors (Lipinski definition) is 4. The number of rotatable bonds is 5. The van der Waals surface area contributed by atoms with E-state index in [9.17, 15) is 4.79 Å². The first-order chi connectivity index (χ1) is 9.22. The quantitative estimate of drug-likeness (QED) is 0.917. The minimum atomic E-state index is -0.138. The fourth-order valence-corrected chi connectivity index (χ4v) is 1.66. The maximum Gasteiger partial charge on any atom is 0.275 e. The van der Waals surface area contributed by atoms with E-state index in [0.717, 1.165) is 12.1 Å². The molecule has 2 aromatic rings. The topological polar surface area (TPSA) is 58.4 Å². The van der Waals surface area contributed by atoms with Crippen molar-refractivity contribution < 1.29 is 9.21 Å². The van der Waals surface area contributed by atoms with Crippen LogP contribution in [0.2, 0.25) is 0 Å². The molecular formula is C14H18ClN3O2. The Hall–Kier alpha value is -1.85. The highest BCUT2D eigenvalue weighted by molar-refractivity contribution is 5.92. The number of aromatic nitrogens is 1. The molecular weight excluding hydrogens is 278 g/mol. The summed E-state index contributed by atoms with van der Waals surface area (Å²) in [5, 5.41) is 3.00. The SMILES string of the molecule is CNCCN(C)C(=O)c1coc(-c2ccccc2)n1.Cl. The molecule has 108 valence electrons. The lowest BCUT2D eigenvalue weighted by Crippen LogP contribution is -2.32. The lowest BCUT2D eigenvalue weighted by molar-refractivity contribution is 0.0791. The van der Waals surface area contributed by atoms with E-state index in [-0.39, 0.29) is 18.3 Å². The Morgan fingerprint density at radius 3 is 2.70 bits per heavy atom. The van der Waals surface area contributed by atoms with Gasteiger partial charge in [0.15, 0.2) is 5.69 Å². The Kier molecular flexibility index (Phi) is 6.21. The lowest BCUT2D eigenvalue weighted by atomic mass is 10.2. The first-order valence-electron chi connectivity index (χ1n) is 6.13. The highest BCUT2D eigenvalue weighted by Crippen LogP contribution is 2.18. The van der Waals surface area contributed by atoms with Crippen LogP contribution in [0.4, 0.5) is 0 Å². The average Bonchev–Trinajstić information content (AvgIpc) is 2.94. The molecule has 0 unspecified atom stereocenters. The van der Waals surface area contributed by atoms with E-state index in [0.29, 0.717) is 18.1 Å². The lowest BCUT2D eigenvalue weighted by Gasteiger charge is -2.14. The Bertz CT molecular complexity index is 542. The van der Waals surface area contributed by atoms with Crippen LogP contribution in [0.25, 0.3) is 11.5 Å². The minimum absolute atomic E-state index is 0. The van der Waals surface area contributed by atoms with E-state index in [2.05, 4.69) is 10.3 Å². The summed E-state index contributed by atoms with van der Waals surface area (Å²) in [5.74, 6) is 0.326. The highest BCUT2D eigenvalue weighted by atomic mass is 35.5. The molecule has 0 saturated carbocycles. The maximum absolute atomic E-state index is 12.1. The van der Waals surface area contributed by atoms with Gasteiger partial charge in [-0.05, 0) is 19.2 Å². The predicted molar refractivity (Wildman–Crippen MR) is 80.1 cm³/mol. The van der Waals surface area contributed by atoms with Crippen molar-refractivity contribution in [3.8, 4) is 11.5 Å². The van der Waals surface area contributed by atoms with E-state index < -0.39 is 0 Å².